The van der Waals surface area contributed by atoms with Gasteiger partial charge in [0.2, 0.25) is 0 Å². The lowest BCUT2D eigenvalue weighted by molar-refractivity contribution is -0.153. The number of ether oxygens (including phenoxy) is 1. The highest BCUT2D eigenvalue weighted by atomic mass is 35.5. The minimum absolute atomic E-state index is 0.107. The van der Waals surface area contributed by atoms with Crippen LogP contribution in [0.1, 0.15) is 38.1 Å². The lowest BCUT2D eigenvalue weighted by Crippen LogP contribution is -2.23. The van der Waals surface area contributed by atoms with Crippen LogP contribution in [0.25, 0.3) is 0 Å². The maximum atomic E-state index is 11.5. The average Bonchev–Trinajstić information content (AvgIpc) is 2.28. The molecule has 2 nitrogen and oxygen atoms in total. The minimum Gasteiger partial charge on any atom is -0.465 e. The number of halogens is 1. The van der Waals surface area contributed by atoms with Crippen LogP contribution in [0.3, 0.4) is 0 Å². The van der Waals surface area contributed by atoms with Gasteiger partial charge in [0.1, 0.15) is 0 Å². The Morgan fingerprint density at radius 2 is 1.88 bits per heavy atom. The van der Waals surface area contributed by atoms with E-state index >= 15 is 0 Å². The molecule has 0 spiro atoms. The van der Waals surface area contributed by atoms with E-state index in [1.54, 1.807) is 0 Å². The molecule has 1 atom stereocenters. The van der Waals surface area contributed by atoms with Crippen molar-refractivity contribution in [1.29, 1.82) is 0 Å². The fourth-order valence-electron chi connectivity index (χ4n) is 1.30. The van der Waals surface area contributed by atoms with Gasteiger partial charge >= 0.3 is 5.97 Å². The highest BCUT2D eigenvalue weighted by molar-refractivity contribution is 6.20. The first-order valence-corrected chi connectivity index (χ1v) is 6.21. The molecule has 1 unspecified atom stereocenters. The average molecular weight is 255 g/mol. The smallest absolute Gasteiger partial charge is 0.311 e. The molecule has 0 saturated carbocycles. The molecule has 1 aromatic carbocycles. The van der Waals surface area contributed by atoms with Crippen LogP contribution in [0.15, 0.2) is 30.3 Å². The van der Waals surface area contributed by atoms with E-state index in [2.05, 4.69) is 0 Å². The molecule has 0 aliphatic rings. The van der Waals surface area contributed by atoms with Crippen molar-refractivity contribution >= 4 is 17.6 Å². The van der Waals surface area contributed by atoms with Crippen LogP contribution in [0, 0.1) is 5.41 Å². The summed E-state index contributed by atoms with van der Waals surface area (Å²) >= 11 is 6.21. The molecular formula is C14H19ClO2. The Labute approximate surface area is 108 Å². The first kappa shape index (κ1) is 14.0. The van der Waals surface area contributed by atoms with Gasteiger partial charge in [-0.2, -0.15) is 0 Å². The Bertz CT molecular complexity index is 354. The predicted octanol–water partition coefficient (Wildman–Crippen LogP) is 3.95. The fourth-order valence-corrected chi connectivity index (χ4v) is 1.53. The largest absolute Gasteiger partial charge is 0.465 e. The summed E-state index contributed by atoms with van der Waals surface area (Å²) in [5.74, 6) is -0.186. The third kappa shape index (κ3) is 4.78. The van der Waals surface area contributed by atoms with E-state index in [0.717, 1.165) is 5.56 Å². The van der Waals surface area contributed by atoms with Gasteiger partial charge in [0.25, 0.3) is 0 Å². The number of rotatable bonds is 4. The minimum atomic E-state index is -0.450. The maximum absolute atomic E-state index is 11.5. The van der Waals surface area contributed by atoms with Gasteiger partial charge in [-0.15, -0.1) is 11.6 Å². The Kier molecular flexibility index (Phi) is 5.01. The van der Waals surface area contributed by atoms with Gasteiger partial charge in [0, 0.05) is 6.42 Å². The van der Waals surface area contributed by atoms with Gasteiger partial charge in [-0.1, -0.05) is 30.3 Å². The molecule has 94 valence electrons. The molecule has 3 heteroatoms. The molecule has 0 fully saturated rings. The Balaban J connectivity index is 2.35. The highest BCUT2D eigenvalue weighted by Crippen LogP contribution is 2.24. The molecular weight excluding hydrogens is 236 g/mol. The van der Waals surface area contributed by atoms with E-state index in [1.807, 2.05) is 51.1 Å². The molecule has 0 N–H and O–H groups in total. The van der Waals surface area contributed by atoms with Gasteiger partial charge in [-0.05, 0) is 26.3 Å². The molecule has 0 aliphatic heterocycles. The summed E-state index contributed by atoms with van der Waals surface area (Å²) < 4.78 is 5.18. The highest BCUT2D eigenvalue weighted by Gasteiger charge is 2.23. The van der Waals surface area contributed by atoms with Crippen molar-refractivity contribution in [2.75, 3.05) is 6.61 Å². The number of esters is 1. The predicted molar refractivity (Wildman–Crippen MR) is 70.1 cm³/mol. The van der Waals surface area contributed by atoms with Gasteiger partial charge in [-0.3, -0.25) is 4.79 Å². The number of alkyl halides is 1. The fraction of sp³-hybridized carbons (Fsp3) is 0.500. The summed E-state index contributed by atoms with van der Waals surface area (Å²) in [6.07, 6.45) is 0.632. The molecule has 0 saturated heterocycles. The topological polar surface area (TPSA) is 26.3 Å². The van der Waals surface area contributed by atoms with Crippen LogP contribution >= 0.6 is 11.6 Å². The van der Waals surface area contributed by atoms with Gasteiger partial charge in [0.15, 0.2) is 0 Å². The van der Waals surface area contributed by atoms with Crippen molar-refractivity contribution in [3.05, 3.63) is 35.9 Å². The van der Waals surface area contributed by atoms with Crippen LogP contribution in [0.4, 0.5) is 0 Å². The second kappa shape index (κ2) is 6.06. The summed E-state index contributed by atoms with van der Waals surface area (Å²) in [4.78, 5) is 11.5. The van der Waals surface area contributed by atoms with Crippen molar-refractivity contribution in [2.45, 2.75) is 32.6 Å². The number of benzene rings is 1. The first-order chi connectivity index (χ1) is 7.91. The van der Waals surface area contributed by atoms with E-state index < -0.39 is 5.41 Å². The summed E-state index contributed by atoms with van der Waals surface area (Å²) in [6.45, 7) is 5.87. The molecule has 17 heavy (non-hydrogen) atoms. The van der Waals surface area contributed by atoms with Crippen molar-refractivity contribution in [2.24, 2.45) is 5.41 Å². The molecule has 1 rings (SSSR count). The third-order valence-corrected chi connectivity index (χ3v) is 2.85. The van der Waals surface area contributed by atoms with E-state index in [-0.39, 0.29) is 11.3 Å². The van der Waals surface area contributed by atoms with Crippen LogP contribution in [-0.4, -0.2) is 12.6 Å². The molecule has 0 amide bonds. The number of hydrogen-bond acceptors (Lipinski definition) is 2. The zero-order chi connectivity index (χ0) is 12.9. The lowest BCUT2D eigenvalue weighted by atomic mass is 9.97. The summed E-state index contributed by atoms with van der Waals surface area (Å²) in [5.41, 5.74) is 0.607. The SMILES string of the molecule is CC(C)(C)C(=O)OCCC(Cl)c1ccccc1. The number of carbonyl (C=O) groups is 1. The second-order valence-corrected chi connectivity index (χ2v) is 5.58. The lowest BCUT2D eigenvalue weighted by Gasteiger charge is -2.17. The summed E-state index contributed by atoms with van der Waals surface area (Å²) in [5, 5.41) is -0.107. The van der Waals surface area contributed by atoms with Crippen molar-refractivity contribution in [1.82, 2.24) is 0 Å². The monoisotopic (exact) mass is 254 g/mol. The zero-order valence-electron chi connectivity index (χ0n) is 10.6. The Morgan fingerprint density at radius 1 is 1.29 bits per heavy atom. The van der Waals surface area contributed by atoms with E-state index in [4.69, 9.17) is 16.3 Å². The quantitative estimate of drug-likeness (QED) is 0.601. The molecule has 0 heterocycles. The summed E-state index contributed by atoms with van der Waals surface area (Å²) in [6, 6.07) is 9.80. The standard InChI is InChI=1S/C14H19ClO2/c1-14(2,3)13(16)17-10-9-12(15)11-7-5-4-6-8-11/h4-8,12H,9-10H2,1-3H3. The van der Waals surface area contributed by atoms with E-state index in [1.165, 1.54) is 0 Å². The normalized spacial score (nSPS) is 13.2. The summed E-state index contributed by atoms with van der Waals surface area (Å²) in [7, 11) is 0. The van der Waals surface area contributed by atoms with Crippen LogP contribution in [-0.2, 0) is 9.53 Å². The Hall–Kier alpha value is -1.02. The molecule has 0 bridgehead atoms. The van der Waals surface area contributed by atoms with Gasteiger partial charge in [0.05, 0.1) is 17.4 Å². The van der Waals surface area contributed by atoms with Gasteiger partial charge in [-0.25, -0.2) is 0 Å². The first-order valence-electron chi connectivity index (χ1n) is 5.77. The third-order valence-electron chi connectivity index (χ3n) is 2.38. The van der Waals surface area contributed by atoms with E-state index in [9.17, 15) is 4.79 Å². The van der Waals surface area contributed by atoms with Crippen molar-refractivity contribution in [3.8, 4) is 0 Å². The molecule has 0 aliphatic carbocycles. The van der Waals surface area contributed by atoms with Crippen LogP contribution in [0.5, 0.6) is 0 Å². The second-order valence-electron chi connectivity index (χ2n) is 5.05. The van der Waals surface area contributed by atoms with Gasteiger partial charge < -0.3 is 4.74 Å². The zero-order valence-corrected chi connectivity index (χ0v) is 11.3. The number of carbonyl (C=O) groups excluding carboxylic acids is 1. The molecule has 1 aromatic rings. The van der Waals surface area contributed by atoms with Crippen molar-refractivity contribution in [3.63, 3.8) is 0 Å². The van der Waals surface area contributed by atoms with Crippen LogP contribution < -0.4 is 0 Å². The molecule has 0 aromatic heterocycles. The van der Waals surface area contributed by atoms with Crippen molar-refractivity contribution < 1.29 is 9.53 Å². The molecule has 0 radical (unpaired) electrons. The van der Waals surface area contributed by atoms with E-state index in [0.29, 0.717) is 13.0 Å². The maximum Gasteiger partial charge on any atom is 0.311 e. The number of hydrogen-bond donors (Lipinski definition) is 0. The Morgan fingerprint density at radius 3 is 2.41 bits per heavy atom. The van der Waals surface area contributed by atoms with Crippen LogP contribution in [0.2, 0.25) is 0 Å².